The van der Waals surface area contributed by atoms with Crippen molar-refractivity contribution in [3.63, 3.8) is 0 Å². The van der Waals surface area contributed by atoms with Crippen molar-refractivity contribution in [1.29, 1.82) is 0 Å². The monoisotopic (exact) mass is 349 g/mol. The quantitative estimate of drug-likeness (QED) is 0.538. The van der Waals surface area contributed by atoms with Crippen LogP contribution in [0.1, 0.15) is 44.5 Å². The van der Waals surface area contributed by atoms with Crippen molar-refractivity contribution in [1.82, 2.24) is 5.32 Å². The maximum Gasteiger partial charge on any atom is 0.329 e. The Balaban J connectivity index is 2.76. The molecule has 0 aliphatic heterocycles. The molecule has 2 atom stereocenters. The summed E-state index contributed by atoms with van der Waals surface area (Å²) in [6, 6.07) is 5.39. The molecule has 1 aromatic rings. The molecule has 0 radical (unpaired) electrons. The molecule has 0 saturated heterocycles. The lowest BCUT2D eigenvalue weighted by molar-refractivity contribution is -0.149. The average Bonchev–Trinajstić information content (AvgIpc) is 2.54. The Labute approximate surface area is 146 Å². The minimum absolute atomic E-state index is 0.119. The fourth-order valence-corrected chi connectivity index (χ4v) is 2.06. The number of amides is 1. The van der Waals surface area contributed by atoms with E-state index < -0.39 is 24.0 Å². The molecule has 0 unspecified atom stereocenters. The molecule has 0 aliphatic carbocycles. The van der Waals surface area contributed by atoms with E-state index in [2.05, 4.69) is 5.32 Å². The third-order valence-corrected chi connectivity index (χ3v) is 3.30. The van der Waals surface area contributed by atoms with Crippen LogP contribution in [-0.4, -0.2) is 42.2 Å². The van der Waals surface area contributed by atoms with E-state index in [1.165, 1.54) is 26.8 Å². The van der Waals surface area contributed by atoms with Crippen molar-refractivity contribution in [2.45, 2.75) is 46.3 Å². The van der Waals surface area contributed by atoms with Gasteiger partial charge in [-0.15, -0.1) is 0 Å². The molecule has 136 valence electrons. The average molecular weight is 349 g/mol. The molecule has 0 spiro atoms. The van der Waals surface area contributed by atoms with Crippen molar-refractivity contribution in [3.8, 4) is 5.75 Å². The van der Waals surface area contributed by atoms with Crippen molar-refractivity contribution in [2.24, 2.45) is 0 Å². The van der Waals surface area contributed by atoms with Gasteiger partial charge in [0, 0.05) is 12.0 Å². The number of Topliss-reactive ketones (excluding diaryl/α,β-unsaturated/α-hetero) is 2. The third kappa shape index (κ3) is 6.74. The Morgan fingerprint density at radius 3 is 2.40 bits per heavy atom. The number of hydrogen-bond acceptors (Lipinski definition) is 6. The van der Waals surface area contributed by atoms with Crippen molar-refractivity contribution < 1.29 is 28.7 Å². The van der Waals surface area contributed by atoms with Gasteiger partial charge in [0.2, 0.25) is 0 Å². The van der Waals surface area contributed by atoms with E-state index in [4.69, 9.17) is 9.47 Å². The van der Waals surface area contributed by atoms with Crippen LogP contribution in [-0.2, 0) is 19.1 Å². The van der Waals surface area contributed by atoms with Gasteiger partial charge in [0.1, 0.15) is 17.6 Å². The summed E-state index contributed by atoms with van der Waals surface area (Å²) < 4.78 is 10.4. The Morgan fingerprint density at radius 1 is 1.16 bits per heavy atom. The largest absolute Gasteiger partial charge is 0.481 e. The minimum Gasteiger partial charge on any atom is -0.481 e. The first-order valence-electron chi connectivity index (χ1n) is 7.98. The van der Waals surface area contributed by atoms with Gasteiger partial charge in [-0.3, -0.25) is 14.4 Å². The molecular weight excluding hydrogens is 326 g/mol. The minimum atomic E-state index is -1.06. The normalized spacial score (nSPS) is 12.6. The molecule has 7 heteroatoms. The second-order valence-electron chi connectivity index (χ2n) is 5.56. The topological polar surface area (TPSA) is 98.8 Å². The van der Waals surface area contributed by atoms with Gasteiger partial charge in [0.05, 0.1) is 6.61 Å². The van der Waals surface area contributed by atoms with E-state index in [-0.39, 0.29) is 24.6 Å². The highest BCUT2D eigenvalue weighted by Gasteiger charge is 2.26. The zero-order chi connectivity index (χ0) is 19.0. The second-order valence-corrected chi connectivity index (χ2v) is 5.56. The van der Waals surface area contributed by atoms with Gasteiger partial charge in [-0.05, 0) is 39.8 Å². The van der Waals surface area contributed by atoms with Crippen LogP contribution in [0.25, 0.3) is 0 Å². The molecule has 25 heavy (non-hydrogen) atoms. The van der Waals surface area contributed by atoms with Gasteiger partial charge in [-0.2, -0.15) is 0 Å². The summed E-state index contributed by atoms with van der Waals surface area (Å²) in [6.45, 7) is 6.05. The lowest BCUT2D eigenvalue weighted by atomic mass is 10.1. The number of ether oxygens (including phenoxy) is 2. The third-order valence-electron chi connectivity index (χ3n) is 3.30. The Kier molecular flexibility index (Phi) is 7.78. The predicted molar refractivity (Wildman–Crippen MR) is 90.4 cm³/mol. The standard InChI is InChI=1S/C18H23NO6/c1-5-24-18(23)16(9-11(2)20)19-17(22)13(4)25-15-8-6-7-14(10-15)12(3)21/h6-8,10,13,16H,5,9H2,1-4H3,(H,19,22)/t13-,16-/m0/s1. The van der Waals surface area contributed by atoms with Gasteiger partial charge < -0.3 is 14.8 Å². The second kappa shape index (κ2) is 9.56. The summed E-state index contributed by atoms with van der Waals surface area (Å²) in [7, 11) is 0. The smallest absolute Gasteiger partial charge is 0.329 e. The molecule has 0 saturated carbocycles. The van der Waals surface area contributed by atoms with E-state index >= 15 is 0 Å². The van der Waals surface area contributed by atoms with Crippen LogP contribution in [0.15, 0.2) is 24.3 Å². The van der Waals surface area contributed by atoms with Gasteiger partial charge in [-0.1, -0.05) is 12.1 Å². The highest BCUT2D eigenvalue weighted by Crippen LogP contribution is 2.15. The lowest BCUT2D eigenvalue weighted by Gasteiger charge is -2.20. The number of nitrogens with one attached hydrogen (secondary N) is 1. The summed E-state index contributed by atoms with van der Waals surface area (Å²) >= 11 is 0. The first-order valence-corrected chi connectivity index (χ1v) is 7.98. The van der Waals surface area contributed by atoms with Crippen LogP contribution < -0.4 is 10.1 Å². The van der Waals surface area contributed by atoms with Gasteiger partial charge in [0.15, 0.2) is 11.9 Å². The molecule has 1 rings (SSSR count). The fraction of sp³-hybridized carbons (Fsp3) is 0.444. The number of benzene rings is 1. The molecule has 7 nitrogen and oxygen atoms in total. The van der Waals surface area contributed by atoms with Crippen LogP contribution >= 0.6 is 0 Å². The van der Waals surface area contributed by atoms with Crippen molar-refractivity contribution in [2.75, 3.05) is 6.61 Å². The SMILES string of the molecule is CCOC(=O)[C@H](CC(C)=O)NC(=O)[C@H](C)Oc1cccc(C(C)=O)c1. The maximum absolute atomic E-state index is 12.2. The molecule has 1 N–H and O–H groups in total. The van der Waals surface area contributed by atoms with Crippen LogP contribution in [0.2, 0.25) is 0 Å². The number of rotatable bonds is 9. The highest BCUT2D eigenvalue weighted by molar-refractivity contribution is 5.94. The van der Waals surface area contributed by atoms with E-state index in [9.17, 15) is 19.2 Å². The zero-order valence-electron chi connectivity index (χ0n) is 14.8. The van der Waals surface area contributed by atoms with Crippen LogP contribution in [0.4, 0.5) is 0 Å². The summed E-state index contributed by atoms with van der Waals surface area (Å²) in [5.41, 5.74) is 0.464. The molecule has 0 heterocycles. The number of esters is 1. The first-order chi connectivity index (χ1) is 11.7. The zero-order valence-corrected chi connectivity index (χ0v) is 14.8. The number of ketones is 2. The Bertz CT molecular complexity index is 655. The molecule has 0 aliphatic rings. The predicted octanol–water partition coefficient (Wildman–Crippen LogP) is 1.68. The molecule has 1 aromatic carbocycles. The summed E-state index contributed by atoms with van der Waals surface area (Å²) in [5, 5.41) is 2.46. The van der Waals surface area contributed by atoms with Crippen molar-refractivity contribution in [3.05, 3.63) is 29.8 Å². The number of carbonyl (C=O) groups excluding carboxylic acids is 4. The van der Waals surface area contributed by atoms with E-state index in [0.29, 0.717) is 11.3 Å². The Morgan fingerprint density at radius 2 is 1.84 bits per heavy atom. The van der Waals surface area contributed by atoms with Crippen LogP contribution in [0.5, 0.6) is 5.75 Å². The molecule has 1 amide bonds. The molecule has 0 bridgehead atoms. The van der Waals surface area contributed by atoms with Crippen LogP contribution in [0.3, 0.4) is 0 Å². The lowest BCUT2D eigenvalue weighted by Crippen LogP contribution is -2.47. The number of hydrogen-bond donors (Lipinski definition) is 1. The fourth-order valence-electron chi connectivity index (χ4n) is 2.06. The van der Waals surface area contributed by atoms with E-state index in [1.807, 2.05) is 0 Å². The first kappa shape index (κ1) is 20.3. The number of carbonyl (C=O) groups is 4. The summed E-state index contributed by atoms with van der Waals surface area (Å²) in [6.07, 6.45) is -1.08. The highest BCUT2D eigenvalue weighted by atomic mass is 16.5. The van der Waals surface area contributed by atoms with Gasteiger partial charge >= 0.3 is 5.97 Å². The molecule has 0 aromatic heterocycles. The van der Waals surface area contributed by atoms with E-state index in [1.54, 1.807) is 25.1 Å². The van der Waals surface area contributed by atoms with Gasteiger partial charge in [0.25, 0.3) is 5.91 Å². The molecule has 0 fully saturated rings. The van der Waals surface area contributed by atoms with Gasteiger partial charge in [-0.25, -0.2) is 4.79 Å². The van der Waals surface area contributed by atoms with E-state index in [0.717, 1.165) is 0 Å². The summed E-state index contributed by atoms with van der Waals surface area (Å²) in [4.78, 5) is 46.8. The van der Waals surface area contributed by atoms with Crippen molar-refractivity contribution >= 4 is 23.4 Å². The summed E-state index contributed by atoms with van der Waals surface area (Å²) in [5.74, 6) is -1.24. The maximum atomic E-state index is 12.2. The van der Waals surface area contributed by atoms with Crippen LogP contribution in [0, 0.1) is 0 Å². The Hall–Kier alpha value is -2.70. The molecular formula is C18H23NO6.